The maximum Gasteiger partial charge on any atom is 0.189 e. The van der Waals surface area contributed by atoms with Gasteiger partial charge in [-0.2, -0.15) is 0 Å². The molecule has 5 heteroatoms. The third-order valence-corrected chi connectivity index (χ3v) is 3.43. The second-order valence-corrected chi connectivity index (χ2v) is 5.68. The molecule has 0 atom stereocenters. The van der Waals surface area contributed by atoms with Gasteiger partial charge in [0.05, 0.1) is 6.54 Å². The zero-order valence-corrected chi connectivity index (χ0v) is 13.0. The van der Waals surface area contributed by atoms with E-state index in [1.54, 1.807) is 0 Å². The minimum Gasteiger partial charge on any atom is -0.370 e. The normalized spacial score (nSPS) is 15.3. The summed E-state index contributed by atoms with van der Waals surface area (Å²) in [6.07, 6.45) is 2.50. The van der Waals surface area contributed by atoms with Crippen molar-refractivity contribution in [2.24, 2.45) is 10.7 Å². The van der Waals surface area contributed by atoms with Crippen LogP contribution in [0.1, 0.15) is 31.0 Å². The van der Waals surface area contributed by atoms with Crippen LogP contribution in [0.15, 0.2) is 29.3 Å². The van der Waals surface area contributed by atoms with Crippen molar-refractivity contribution in [1.82, 2.24) is 10.3 Å². The molecule has 114 valence electrons. The van der Waals surface area contributed by atoms with E-state index in [9.17, 15) is 0 Å². The molecule has 0 radical (unpaired) electrons. The van der Waals surface area contributed by atoms with Crippen LogP contribution in [0.25, 0.3) is 0 Å². The van der Waals surface area contributed by atoms with Gasteiger partial charge in [0.2, 0.25) is 0 Å². The van der Waals surface area contributed by atoms with E-state index in [1.165, 1.54) is 12.8 Å². The maximum absolute atomic E-state index is 5.84. The lowest BCUT2D eigenvalue weighted by atomic mass is 10.2. The van der Waals surface area contributed by atoms with Crippen LogP contribution in [0.2, 0.25) is 0 Å². The summed E-state index contributed by atoms with van der Waals surface area (Å²) >= 11 is 0. The van der Waals surface area contributed by atoms with Crippen LogP contribution in [0.5, 0.6) is 0 Å². The van der Waals surface area contributed by atoms with Crippen molar-refractivity contribution in [2.75, 3.05) is 24.5 Å². The van der Waals surface area contributed by atoms with Gasteiger partial charge in [0, 0.05) is 25.3 Å². The SMILES string of the molecule is C=C(C)CNC(N)=NCc1cc(C)nc(N2CCCC2)c1. The van der Waals surface area contributed by atoms with E-state index >= 15 is 0 Å². The Kier molecular flexibility index (Phi) is 5.20. The molecule has 0 amide bonds. The van der Waals surface area contributed by atoms with E-state index in [1.807, 2.05) is 13.8 Å². The second kappa shape index (κ2) is 7.11. The molecule has 1 aliphatic heterocycles. The van der Waals surface area contributed by atoms with E-state index in [0.717, 1.165) is 35.7 Å². The summed E-state index contributed by atoms with van der Waals surface area (Å²) in [6.45, 7) is 11.2. The minimum absolute atomic E-state index is 0.454. The first-order valence-electron chi connectivity index (χ1n) is 7.45. The standard InChI is InChI=1S/C16H25N5/c1-12(2)10-18-16(17)19-11-14-8-13(3)20-15(9-14)21-6-4-5-7-21/h8-9H,1,4-7,10-11H2,2-3H3,(H3,17,18,19). The van der Waals surface area contributed by atoms with Crippen molar-refractivity contribution >= 4 is 11.8 Å². The third kappa shape index (κ3) is 4.77. The van der Waals surface area contributed by atoms with Gasteiger partial charge in [-0.1, -0.05) is 12.2 Å². The number of nitrogens with one attached hydrogen (secondary N) is 1. The number of hydrogen-bond acceptors (Lipinski definition) is 3. The van der Waals surface area contributed by atoms with Crippen molar-refractivity contribution in [3.05, 3.63) is 35.5 Å². The van der Waals surface area contributed by atoms with E-state index in [0.29, 0.717) is 19.0 Å². The average molecular weight is 287 g/mol. The number of pyridine rings is 1. The number of guanidine groups is 1. The van der Waals surface area contributed by atoms with Gasteiger partial charge in [0.15, 0.2) is 5.96 Å². The largest absolute Gasteiger partial charge is 0.370 e. The molecule has 0 aromatic carbocycles. The van der Waals surface area contributed by atoms with Crippen molar-refractivity contribution in [1.29, 1.82) is 0 Å². The molecule has 2 heterocycles. The van der Waals surface area contributed by atoms with Crippen LogP contribution in [0.4, 0.5) is 5.82 Å². The molecule has 0 unspecified atom stereocenters. The molecular weight excluding hydrogens is 262 g/mol. The van der Waals surface area contributed by atoms with Crippen LogP contribution in [-0.4, -0.2) is 30.6 Å². The molecule has 1 aromatic heterocycles. The fourth-order valence-electron chi connectivity index (χ4n) is 2.39. The molecule has 0 saturated carbocycles. The van der Waals surface area contributed by atoms with Crippen molar-refractivity contribution < 1.29 is 0 Å². The Labute approximate surface area is 127 Å². The number of hydrogen-bond donors (Lipinski definition) is 2. The van der Waals surface area contributed by atoms with Crippen molar-refractivity contribution in [3.8, 4) is 0 Å². The summed E-state index contributed by atoms with van der Waals surface area (Å²) in [6, 6.07) is 4.18. The molecule has 1 fully saturated rings. The summed E-state index contributed by atoms with van der Waals surface area (Å²) in [5.74, 6) is 1.52. The number of aliphatic imine (C=N–C) groups is 1. The number of aromatic nitrogens is 1. The highest BCUT2D eigenvalue weighted by atomic mass is 15.2. The quantitative estimate of drug-likeness (QED) is 0.493. The lowest BCUT2D eigenvalue weighted by Crippen LogP contribution is -2.32. The Hall–Kier alpha value is -2.04. The van der Waals surface area contributed by atoms with Gasteiger partial charge >= 0.3 is 0 Å². The molecule has 1 aliphatic rings. The topological polar surface area (TPSA) is 66.5 Å². The van der Waals surface area contributed by atoms with Crippen LogP contribution >= 0.6 is 0 Å². The van der Waals surface area contributed by atoms with Crippen molar-refractivity contribution in [3.63, 3.8) is 0 Å². The average Bonchev–Trinajstić information content (AvgIpc) is 2.96. The zero-order chi connectivity index (χ0) is 15.2. The van der Waals surface area contributed by atoms with Gasteiger partial charge in [-0.3, -0.25) is 0 Å². The highest BCUT2D eigenvalue weighted by Gasteiger charge is 2.14. The van der Waals surface area contributed by atoms with E-state index in [2.05, 4.69) is 38.9 Å². The Balaban J connectivity index is 2.02. The summed E-state index contributed by atoms with van der Waals surface area (Å²) in [5.41, 5.74) is 9.04. The fourth-order valence-corrected chi connectivity index (χ4v) is 2.39. The molecular formula is C16H25N5. The Morgan fingerprint density at radius 1 is 1.43 bits per heavy atom. The van der Waals surface area contributed by atoms with Gasteiger partial charge < -0.3 is 16.0 Å². The fraction of sp³-hybridized carbons (Fsp3) is 0.500. The second-order valence-electron chi connectivity index (χ2n) is 5.68. The maximum atomic E-state index is 5.84. The van der Waals surface area contributed by atoms with Gasteiger partial charge in [-0.05, 0) is 44.4 Å². The number of anilines is 1. The Morgan fingerprint density at radius 2 is 2.14 bits per heavy atom. The predicted octanol–water partition coefficient (Wildman–Crippen LogP) is 1.97. The molecule has 1 aromatic rings. The van der Waals surface area contributed by atoms with Crippen LogP contribution in [-0.2, 0) is 6.54 Å². The molecule has 1 saturated heterocycles. The minimum atomic E-state index is 0.454. The molecule has 3 N–H and O–H groups in total. The Bertz CT molecular complexity index is 529. The monoisotopic (exact) mass is 287 g/mol. The van der Waals surface area contributed by atoms with E-state index in [4.69, 9.17) is 5.73 Å². The molecule has 2 rings (SSSR count). The first kappa shape index (κ1) is 15.4. The van der Waals surface area contributed by atoms with Crippen molar-refractivity contribution in [2.45, 2.75) is 33.2 Å². The molecule has 0 bridgehead atoms. The molecule has 5 nitrogen and oxygen atoms in total. The highest BCUT2D eigenvalue weighted by molar-refractivity contribution is 5.78. The summed E-state index contributed by atoms with van der Waals surface area (Å²) in [4.78, 5) is 11.3. The summed E-state index contributed by atoms with van der Waals surface area (Å²) < 4.78 is 0. The smallest absolute Gasteiger partial charge is 0.189 e. The van der Waals surface area contributed by atoms with Crippen LogP contribution in [0, 0.1) is 6.92 Å². The molecule has 21 heavy (non-hydrogen) atoms. The van der Waals surface area contributed by atoms with Gasteiger partial charge in [0.1, 0.15) is 5.82 Å². The molecule has 0 spiro atoms. The molecule has 0 aliphatic carbocycles. The number of nitrogens with zero attached hydrogens (tertiary/aromatic N) is 3. The highest BCUT2D eigenvalue weighted by Crippen LogP contribution is 2.20. The van der Waals surface area contributed by atoms with Gasteiger partial charge in [-0.25, -0.2) is 9.98 Å². The van der Waals surface area contributed by atoms with E-state index in [-0.39, 0.29) is 0 Å². The number of rotatable bonds is 5. The number of nitrogens with two attached hydrogens (primary N) is 1. The van der Waals surface area contributed by atoms with Crippen LogP contribution < -0.4 is 16.0 Å². The van der Waals surface area contributed by atoms with Gasteiger partial charge in [-0.15, -0.1) is 0 Å². The third-order valence-electron chi connectivity index (χ3n) is 3.43. The van der Waals surface area contributed by atoms with Crippen LogP contribution in [0.3, 0.4) is 0 Å². The Morgan fingerprint density at radius 3 is 2.81 bits per heavy atom. The zero-order valence-electron chi connectivity index (χ0n) is 13.0. The first-order valence-corrected chi connectivity index (χ1v) is 7.45. The lowest BCUT2D eigenvalue weighted by Gasteiger charge is -2.17. The lowest BCUT2D eigenvalue weighted by molar-refractivity contribution is 0.910. The first-order chi connectivity index (χ1) is 10.0. The van der Waals surface area contributed by atoms with Gasteiger partial charge in [0.25, 0.3) is 0 Å². The summed E-state index contributed by atoms with van der Waals surface area (Å²) in [5, 5.41) is 3.04. The summed E-state index contributed by atoms with van der Waals surface area (Å²) in [7, 11) is 0. The number of aryl methyl sites for hydroxylation is 1. The van der Waals surface area contributed by atoms with E-state index < -0.39 is 0 Å². The predicted molar refractivity (Wildman–Crippen MR) is 88.6 cm³/mol.